The van der Waals surface area contributed by atoms with Crippen LogP contribution in [0, 0.1) is 5.92 Å². The third-order valence-corrected chi connectivity index (χ3v) is 3.39. The van der Waals surface area contributed by atoms with Crippen LogP contribution in [0.2, 0.25) is 0 Å². The first-order valence-electron chi connectivity index (χ1n) is 7.79. The molecule has 0 fully saturated rings. The van der Waals surface area contributed by atoms with Gasteiger partial charge in [0.2, 0.25) is 0 Å². The van der Waals surface area contributed by atoms with E-state index in [1.165, 1.54) is 12.0 Å². The van der Waals surface area contributed by atoms with Gasteiger partial charge in [-0.3, -0.25) is 4.90 Å². The highest BCUT2D eigenvalue weighted by atomic mass is 15.2. The first kappa shape index (κ1) is 16.9. The summed E-state index contributed by atoms with van der Waals surface area (Å²) in [4.78, 5) is 2.51. The normalized spacial score (nSPS) is 12.8. The number of nitrogens with zero attached hydrogens (tertiary/aromatic N) is 1. The van der Waals surface area contributed by atoms with E-state index < -0.39 is 0 Å². The van der Waals surface area contributed by atoms with Crippen LogP contribution in [-0.4, -0.2) is 31.1 Å². The fourth-order valence-corrected chi connectivity index (χ4v) is 2.47. The van der Waals surface area contributed by atoms with Gasteiger partial charge in [-0.1, -0.05) is 57.2 Å². The summed E-state index contributed by atoms with van der Waals surface area (Å²) < 4.78 is 0. The molecule has 20 heavy (non-hydrogen) atoms. The Kier molecular flexibility index (Phi) is 8.24. The Morgan fingerprint density at radius 3 is 2.45 bits per heavy atom. The minimum absolute atomic E-state index is 0.424. The third-order valence-electron chi connectivity index (χ3n) is 3.39. The number of rotatable bonds is 10. The Balaban J connectivity index is 2.78. The van der Waals surface area contributed by atoms with Crippen LogP contribution in [0.5, 0.6) is 0 Å². The lowest BCUT2D eigenvalue weighted by molar-refractivity contribution is 0.212. The molecule has 0 aliphatic heterocycles. The number of nitrogens with one attached hydrogen (secondary N) is 1. The average Bonchev–Trinajstić information content (AvgIpc) is 2.44. The lowest BCUT2D eigenvalue weighted by Crippen LogP contribution is -2.37. The zero-order chi connectivity index (χ0) is 14.8. The van der Waals surface area contributed by atoms with E-state index >= 15 is 0 Å². The molecule has 0 heterocycles. The molecule has 1 unspecified atom stereocenters. The third kappa shape index (κ3) is 5.89. The van der Waals surface area contributed by atoms with Crippen LogP contribution in [0.1, 0.15) is 38.8 Å². The Labute approximate surface area is 124 Å². The molecular formula is C18H30N2. The topological polar surface area (TPSA) is 15.3 Å². The molecule has 112 valence electrons. The van der Waals surface area contributed by atoms with E-state index in [4.69, 9.17) is 0 Å². The van der Waals surface area contributed by atoms with E-state index in [9.17, 15) is 0 Å². The van der Waals surface area contributed by atoms with Gasteiger partial charge in [0.25, 0.3) is 0 Å². The van der Waals surface area contributed by atoms with E-state index in [0.717, 1.165) is 26.2 Å². The maximum absolute atomic E-state index is 3.91. The van der Waals surface area contributed by atoms with Gasteiger partial charge in [0.05, 0.1) is 0 Å². The molecule has 0 aliphatic carbocycles. The molecule has 0 saturated heterocycles. The average molecular weight is 274 g/mol. The molecule has 1 aromatic rings. The molecule has 0 amide bonds. The monoisotopic (exact) mass is 274 g/mol. The van der Waals surface area contributed by atoms with Crippen molar-refractivity contribution in [2.75, 3.05) is 26.2 Å². The fraction of sp³-hybridized carbons (Fsp3) is 0.556. The summed E-state index contributed by atoms with van der Waals surface area (Å²) in [5.74, 6) is 0.686. The standard InChI is InChI=1S/C18H30N2/c1-5-12-20(13-6-2)18(15-19-14-16(3)4)17-10-8-7-9-11-17/h5,7-11,16,18-19H,1,6,12-15H2,2-4H3. The Morgan fingerprint density at radius 1 is 1.20 bits per heavy atom. The maximum atomic E-state index is 3.91. The van der Waals surface area contributed by atoms with Crippen LogP contribution in [0.25, 0.3) is 0 Å². The van der Waals surface area contributed by atoms with Crippen molar-refractivity contribution in [2.45, 2.75) is 33.2 Å². The van der Waals surface area contributed by atoms with Gasteiger partial charge < -0.3 is 5.32 Å². The second-order valence-corrected chi connectivity index (χ2v) is 5.76. The van der Waals surface area contributed by atoms with Crippen LogP contribution in [0.3, 0.4) is 0 Å². The summed E-state index contributed by atoms with van der Waals surface area (Å²) >= 11 is 0. The predicted molar refractivity (Wildman–Crippen MR) is 89.0 cm³/mol. The van der Waals surface area contributed by atoms with Gasteiger partial charge in [0.1, 0.15) is 0 Å². The second-order valence-electron chi connectivity index (χ2n) is 5.76. The fourth-order valence-electron chi connectivity index (χ4n) is 2.47. The molecule has 0 saturated carbocycles. The summed E-state index contributed by atoms with van der Waals surface area (Å²) in [5.41, 5.74) is 1.39. The molecule has 0 bridgehead atoms. The quantitative estimate of drug-likeness (QED) is 0.652. The van der Waals surface area contributed by atoms with Crippen molar-refractivity contribution in [1.82, 2.24) is 10.2 Å². The minimum Gasteiger partial charge on any atom is -0.315 e. The maximum Gasteiger partial charge on any atom is 0.0475 e. The molecule has 2 nitrogen and oxygen atoms in total. The largest absolute Gasteiger partial charge is 0.315 e. The molecule has 1 N–H and O–H groups in total. The first-order valence-corrected chi connectivity index (χ1v) is 7.79. The van der Waals surface area contributed by atoms with Crippen LogP contribution in [-0.2, 0) is 0 Å². The SMILES string of the molecule is C=CCN(CCC)C(CNCC(C)C)c1ccccc1. The van der Waals surface area contributed by atoms with Gasteiger partial charge in [0, 0.05) is 19.1 Å². The summed E-state index contributed by atoms with van der Waals surface area (Å²) in [6.07, 6.45) is 3.18. The van der Waals surface area contributed by atoms with Crippen LogP contribution < -0.4 is 5.32 Å². The Morgan fingerprint density at radius 2 is 1.90 bits per heavy atom. The minimum atomic E-state index is 0.424. The van der Waals surface area contributed by atoms with Crippen molar-refractivity contribution in [3.8, 4) is 0 Å². The van der Waals surface area contributed by atoms with Gasteiger partial charge in [-0.2, -0.15) is 0 Å². The van der Waals surface area contributed by atoms with E-state index in [1.54, 1.807) is 0 Å². The van der Waals surface area contributed by atoms with Crippen molar-refractivity contribution >= 4 is 0 Å². The molecule has 0 aromatic heterocycles. The summed E-state index contributed by atoms with van der Waals surface area (Å²) in [5, 5.41) is 3.60. The van der Waals surface area contributed by atoms with Gasteiger partial charge >= 0.3 is 0 Å². The van der Waals surface area contributed by atoms with E-state index in [-0.39, 0.29) is 0 Å². The second kappa shape index (κ2) is 9.73. The smallest absolute Gasteiger partial charge is 0.0475 e. The highest BCUT2D eigenvalue weighted by Gasteiger charge is 2.18. The zero-order valence-electron chi connectivity index (χ0n) is 13.3. The van der Waals surface area contributed by atoms with E-state index in [0.29, 0.717) is 12.0 Å². The molecule has 1 rings (SSSR count). The van der Waals surface area contributed by atoms with E-state index in [2.05, 4.69) is 67.9 Å². The van der Waals surface area contributed by atoms with Crippen LogP contribution >= 0.6 is 0 Å². The predicted octanol–water partition coefficient (Wildman–Crippen LogP) is 3.87. The lowest BCUT2D eigenvalue weighted by Gasteiger charge is -2.31. The first-order chi connectivity index (χ1) is 9.69. The highest BCUT2D eigenvalue weighted by Crippen LogP contribution is 2.20. The highest BCUT2D eigenvalue weighted by molar-refractivity contribution is 5.19. The summed E-state index contributed by atoms with van der Waals surface area (Å²) in [6, 6.07) is 11.2. The van der Waals surface area contributed by atoms with Crippen LogP contribution in [0.4, 0.5) is 0 Å². The summed E-state index contributed by atoms with van der Waals surface area (Å²) in [6.45, 7) is 14.7. The van der Waals surface area contributed by atoms with Crippen molar-refractivity contribution in [1.29, 1.82) is 0 Å². The van der Waals surface area contributed by atoms with Gasteiger partial charge in [-0.15, -0.1) is 6.58 Å². The van der Waals surface area contributed by atoms with Gasteiger partial charge in [0.15, 0.2) is 0 Å². The lowest BCUT2D eigenvalue weighted by atomic mass is 10.0. The molecule has 0 radical (unpaired) electrons. The van der Waals surface area contributed by atoms with Gasteiger partial charge in [-0.05, 0) is 31.0 Å². The van der Waals surface area contributed by atoms with Gasteiger partial charge in [-0.25, -0.2) is 0 Å². The molecule has 1 atom stereocenters. The number of hydrogen-bond donors (Lipinski definition) is 1. The van der Waals surface area contributed by atoms with E-state index in [1.807, 2.05) is 6.08 Å². The van der Waals surface area contributed by atoms with Crippen molar-refractivity contribution < 1.29 is 0 Å². The Bertz CT molecular complexity index is 359. The van der Waals surface area contributed by atoms with Crippen molar-refractivity contribution in [3.63, 3.8) is 0 Å². The Hall–Kier alpha value is -1.12. The van der Waals surface area contributed by atoms with Crippen molar-refractivity contribution in [3.05, 3.63) is 48.6 Å². The molecule has 2 heteroatoms. The molecule has 0 spiro atoms. The molecule has 1 aromatic carbocycles. The molecular weight excluding hydrogens is 244 g/mol. The number of benzene rings is 1. The van der Waals surface area contributed by atoms with Crippen molar-refractivity contribution in [2.24, 2.45) is 5.92 Å². The number of hydrogen-bond acceptors (Lipinski definition) is 2. The zero-order valence-corrected chi connectivity index (χ0v) is 13.3. The molecule has 0 aliphatic rings. The van der Waals surface area contributed by atoms with Crippen LogP contribution in [0.15, 0.2) is 43.0 Å². The summed E-state index contributed by atoms with van der Waals surface area (Å²) in [7, 11) is 0.